The Morgan fingerprint density at radius 3 is 3.08 bits per heavy atom. The molecule has 0 aromatic carbocycles. The predicted molar refractivity (Wildman–Crippen MR) is 51.6 cm³/mol. The van der Waals surface area contributed by atoms with Crippen LogP contribution in [0, 0.1) is 6.92 Å². The van der Waals surface area contributed by atoms with Gasteiger partial charge in [-0.15, -0.1) is 11.3 Å². The molecule has 1 aliphatic heterocycles. The quantitative estimate of drug-likeness (QED) is 0.687. The van der Waals surface area contributed by atoms with Crippen LogP contribution in [0.5, 0.6) is 0 Å². The number of aryl methyl sites for hydroxylation is 1. The smallest absolute Gasteiger partial charge is 0.162 e. The normalized spacial score (nSPS) is 21.6. The number of thiophene rings is 1. The summed E-state index contributed by atoms with van der Waals surface area (Å²) in [6.07, 6.45) is 3.39. The lowest BCUT2D eigenvalue weighted by atomic mass is 10.1. The number of carbonyl (C=O) groups is 1. The summed E-state index contributed by atoms with van der Waals surface area (Å²) in [7, 11) is 0. The minimum atomic E-state index is -0.0579. The van der Waals surface area contributed by atoms with Crippen LogP contribution in [0.25, 0.3) is 0 Å². The first-order valence-corrected chi connectivity index (χ1v) is 5.04. The zero-order valence-corrected chi connectivity index (χ0v) is 8.14. The summed E-state index contributed by atoms with van der Waals surface area (Å²) in [4.78, 5) is 12.3. The van der Waals surface area contributed by atoms with E-state index in [1.165, 1.54) is 17.9 Å². The van der Waals surface area contributed by atoms with E-state index in [1.807, 2.05) is 18.4 Å². The van der Waals surface area contributed by atoms with Crippen molar-refractivity contribution in [2.24, 2.45) is 0 Å². The van der Waals surface area contributed by atoms with Crippen molar-refractivity contribution in [3.8, 4) is 0 Å². The molecule has 1 aromatic heterocycles. The van der Waals surface area contributed by atoms with Crippen LogP contribution in [0.1, 0.15) is 23.0 Å². The number of allylic oxidation sites excluding steroid dienone is 1. The van der Waals surface area contributed by atoms with Gasteiger partial charge in [0.15, 0.2) is 5.78 Å². The van der Waals surface area contributed by atoms with Crippen LogP contribution in [-0.4, -0.2) is 5.78 Å². The zero-order chi connectivity index (χ0) is 9.26. The number of hydrogen-bond donors (Lipinski definition) is 0. The molecule has 0 radical (unpaired) electrons. The van der Waals surface area contributed by atoms with Crippen molar-refractivity contribution in [3.63, 3.8) is 0 Å². The van der Waals surface area contributed by atoms with Gasteiger partial charge in [0.05, 0.1) is 12.7 Å². The Bertz CT molecular complexity index is 352. The van der Waals surface area contributed by atoms with Crippen LogP contribution in [0.15, 0.2) is 23.8 Å². The van der Waals surface area contributed by atoms with Crippen LogP contribution in [0.2, 0.25) is 0 Å². The molecule has 2 heterocycles. The van der Waals surface area contributed by atoms with E-state index in [0.717, 1.165) is 4.88 Å². The Labute approximate surface area is 80.8 Å². The van der Waals surface area contributed by atoms with E-state index in [0.29, 0.717) is 6.42 Å². The molecule has 2 rings (SSSR count). The van der Waals surface area contributed by atoms with Crippen molar-refractivity contribution in [1.82, 2.24) is 0 Å². The number of ketones is 1. The Hall–Kier alpha value is -1.09. The highest BCUT2D eigenvalue weighted by Crippen LogP contribution is 2.31. The molecule has 0 bridgehead atoms. The molecule has 0 spiro atoms. The molecule has 0 aliphatic carbocycles. The van der Waals surface area contributed by atoms with Crippen LogP contribution >= 0.6 is 11.3 Å². The maximum absolute atomic E-state index is 11.1. The lowest BCUT2D eigenvalue weighted by molar-refractivity contribution is -0.118. The molecule has 0 N–H and O–H groups in total. The predicted octanol–water partition coefficient (Wildman–Crippen LogP) is 2.60. The Balaban J connectivity index is 2.23. The molecule has 0 fully saturated rings. The standard InChI is InChI=1S/C10H10O2S/c1-7-3-5-13-10(7)9-6-8(11)2-4-12-9/h2-5,9H,6H2,1H3. The molecule has 1 atom stereocenters. The first-order valence-electron chi connectivity index (χ1n) is 4.16. The van der Waals surface area contributed by atoms with E-state index in [-0.39, 0.29) is 11.9 Å². The van der Waals surface area contributed by atoms with Gasteiger partial charge in [-0.3, -0.25) is 4.79 Å². The molecule has 2 nitrogen and oxygen atoms in total. The van der Waals surface area contributed by atoms with Gasteiger partial charge in [0.2, 0.25) is 0 Å². The average Bonchev–Trinajstić information content (AvgIpc) is 2.51. The monoisotopic (exact) mass is 194 g/mol. The Morgan fingerprint density at radius 2 is 2.46 bits per heavy atom. The molecule has 1 aromatic rings. The summed E-state index contributed by atoms with van der Waals surface area (Å²) in [6.45, 7) is 2.04. The maximum atomic E-state index is 11.1. The fourth-order valence-corrected chi connectivity index (χ4v) is 2.34. The number of carbonyl (C=O) groups excluding carboxylic acids is 1. The molecular weight excluding hydrogens is 184 g/mol. The first kappa shape index (κ1) is 8.51. The van der Waals surface area contributed by atoms with Crippen LogP contribution < -0.4 is 0 Å². The second kappa shape index (κ2) is 3.34. The fourth-order valence-electron chi connectivity index (χ4n) is 1.38. The van der Waals surface area contributed by atoms with Gasteiger partial charge in [-0.25, -0.2) is 0 Å². The highest BCUT2D eigenvalue weighted by atomic mass is 32.1. The van der Waals surface area contributed by atoms with E-state index in [9.17, 15) is 4.79 Å². The summed E-state index contributed by atoms with van der Waals surface area (Å²) in [5.41, 5.74) is 1.21. The van der Waals surface area contributed by atoms with E-state index < -0.39 is 0 Å². The van der Waals surface area contributed by atoms with Crippen molar-refractivity contribution in [2.75, 3.05) is 0 Å². The van der Waals surface area contributed by atoms with Gasteiger partial charge in [-0.1, -0.05) is 0 Å². The molecule has 1 unspecified atom stereocenters. The van der Waals surface area contributed by atoms with Crippen molar-refractivity contribution < 1.29 is 9.53 Å². The van der Waals surface area contributed by atoms with Crippen LogP contribution in [0.4, 0.5) is 0 Å². The first-order chi connectivity index (χ1) is 6.27. The fraction of sp³-hybridized carbons (Fsp3) is 0.300. The lowest BCUT2D eigenvalue weighted by Crippen LogP contribution is -2.10. The van der Waals surface area contributed by atoms with Crippen LogP contribution in [0.3, 0.4) is 0 Å². The third kappa shape index (κ3) is 1.65. The SMILES string of the molecule is Cc1ccsc1C1CC(=O)C=CO1. The third-order valence-electron chi connectivity index (χ3n) is 2.08. The summed E-state index contributed by atoms with van der Waals surface area (Å²) in [6, 6.07) is 2.05. The molecule has 0 saturated heterocycles. The Morgan fingerprint density at radius 1 is 1.62 bits per heavy atom. The van der Waals surface area contributed by atoms with Gasteiger partial charge in [0.1, 0.15) is 6.10 Å². The van der Waals surface area contributed by atoms with Crippen LogP contribution in [-0.2, 0) is 9.53 Å². The molecule has 0 saturated carbocycles. The largest absolute Gasteiger partial charge is 0.492 e. The molecule has 3 heteroatoms. The van der Waals surface area contributed by atoms with E-state index in [2.05, 4.69) is 0 Å². The average molecular weight is 194 g/mol. The summed E-state index contributed by atoms with van der Waals surface area (Å²) in [5.74, 6) is 0.143. The highest BCUT2D eigenvalue weighted by Gasteiger charge is 2.21. The number of ether oxygens (including phenoxy) is 1. The van der Waals surface area contributed by atoms with Gasteiger partial charge in [-0.2, -0.15) is 0 Å². The van der Waals surface area contributed by atoms with Gasteiger partial charge in [0, 0.05) is 11.0 Å². The van der Waals surface area contributed by atoms with Crippen molar-refractivity contribution in [3.05, 3.63) is 34.2 Å². The van der Waals surface area contributed by atoms with E-state index in [4.69, 9.17) is 4.74 Å². The second-order valence-electron chi connectivity index (χ2n) is 3.07. The summed E-state index contributed by atoms with van der Waals surface area (Å²) in [5, 5.41) is 2.02. The zero-order valence-electron chi connectivity index (χ0n) is 7.32. The molecular formula is C10H10O2S. The summed E-state index contributed by atoms with van der Waals surface area (Å²) >= 11 is 1.65. The van der Waals surface area contributed by atoms with E-state index in [1.54, 1.807) is 11.3 Å². The number of rotatable bonds is 1. The minimum absolute atomic E-state index is 0.0579. The van der Waals surface area contributed by atoms with Gasteiger partial charge in [0.25, 0.3) is 0 Å². The molecule has 1 aliphatic rings. The maximum Gasteiger partial charge on any atom is 0.162 e. The Kier molecular flexibility index (Phi) is 2.19. The third-order valence-corrected chi connectivity index (χ3v) is 3.19. The van der Waals surface area contributed by atoms with Gasteiger partial charge < -0.3 is 4.74 Å². The lowest BCUT2D eigenvalue weighted by Gasteiger charge is -2.17. The number of hydrogen-bond acceptors (Lipinski definition) is 3. The highest BCUT2D eigenvalue weighted by molar-refractivity contribution is 7.10. The van der Waals surface area contributed by atoms with Crippen molar-refractivity contribution in [2.45, 2.75) is 19.4 Å². The van der Waals surface area contributed by atoms with E-state index >= 15 is 0 Å². The topological polar surface area (TPSA) is 26.3 Å². The van der Waals surface area contributed by atoms with Crippen molar-refractivity contribution >= 4 is 17.1 Å². The van der Waals surface area contributed by atoms with Gasteiger partial charge in [-0.05, 0) is 23.9 Å². The van der Waals surface area contributed by atoms with Gasteiger partial charge >= 0.3 is 0 Å². The second-order valence-corrected chi connectivity index (χ2v) is 4.01. The molecule has 0 amide bonds. The summed E-state index contributed by atoms with van der Waals surface area (Å²) < 4.78 is 5.38. The van der Waals surface area contributed by atoms with Crippen molar-refractivity contribution in [1.29, 1.82) is 0 Å². The minimum Gasteiger partial charge on any atom is -0.492 e. The molecule has 13 heavy (non-hydrogen) atoms. The molecule has 68 valence electrons.